The number of phenols is 1. The molecule has 10 heteroatoms. The van der Waals surface area contributed by atoms with E-state index in [1.165, 1.54) is 26.0 Å². The fourth-order valence-corrected chi connectivity index (χ4v) is 3.68. The van der Waals surface area contributed by atoms with E-state index in [0.29, 0.717) is 11.8 Å². The van der Waals surface area contributed by atoms with Gasteiger partial charge in [-0.25, -0.2) is 0 Å². The van der Waals surface area contributed by atoms with Gasteiger partial charge in [-0.15, -0.1) is 0 Å². The average molecular weight is 525 g/mol. The SMILES string of the molecule is CC(=O)N[C@@H](Cc1ccc(O)cc1)C(=O)N[C@@H](C)C(=O)N[C@@H](Cc1ccccc1)C(=O)N[C@H](C=O)C(C)C. The molecule has 0 unspecified atom stereocenters. The number of amides is 4. The van der Waals surface area contributed by atoms with Gasteiger partial charge >= 0.3 is 0 Å². The Morgan fingerprint density at radius 3 is 1.79 bits per heavy atom. The Morgan fingerprint density at radius 2 is 1.26 bits per heavy atom. The number of aldehydes is 1. The third-order valence-electron chi connectivity index (χ3n) is 5.91. The molecule has 2 aromatic carbocycles. The van der Waals surface area contributed by atoms with Gasteiger partial charge in [0.05, 0.1) is 6.04 Å². The van der Waals surface area contributed by atoms with Crippen LogP contribution >= 0.6 is 0 Å². The summed E-state index contributed by atoms with van der Waals surface area (Å²) in [4.78, 5) is 62.1. The van der Waals surface area contributed by atoms with Crippen LogP contribution < -0.4 is 21.3 Å². The summed E-state index contributed by atoms with van der Waals surface area (Å²) in [5.41, 5.74) is 1.50. The first kappa shape index (κ1) is 30.0. The van der Waals surface area contributed by atoms with Crippen LogP contribution in [0.1, 0.15) is 38.8 Å². The van der Waals surface area contributed by atoms with Crippen molar-refractivity contribution in [3.63, 3.8) is 0 Å². The molecule has 2 aromatic rings. The van der Waals surface area contributed by atoms with Crippen molar-refractivity contribution in [2.45, 2.75) is 64.7 Å². The van der Waals surface area contributed by atoms with Gasteiger partial charge in [0.1, 0.15) is 30.2 Å². The highest BCUT2D eigenvalue weighted by molar-refractivity contribution is 5.94. The van der Waals surface area contributed by atoms with Crippen molar-refractivity contribution in [1.29, 1.82) is 0 Å². The van der Waals surface area contributed by atoms with E-state index in [1.54, 1.807) is 26.0 Å². The number of rotatable bonds is 13. The standard InChI is InChI=1S/C28H36N4O6/c1-17(2)25(16-33)32-28(38)24(14-20-8-6-5-7-9-20)31-26(36)18(3)29-27(37)23(30-19(4)34)15-21-10-12-22(35)13-11-21/h5-13,16-18,23-25,35H,14-15H2,1-4H3,(H,29,37)(H,30,34)(H,31,36)(H,32,38)/t18-,23-,24-,25+/m0/s1. The quantitative estimate of drug-likeness (QED) is 0.247. The van der Waals surface area contributed by atoms with Crippen molar-refractivity contribution in [1.82, 2.24) is 21.3 Å². The van der Waals surface area contributed by atoms with E-state index in [4.69, 9.17) is 0 Å². The lowest BCUT2D eigenvalue weighted by atomic mass is 10.0. The van der Waals surface area contributed by atoms with E-state index in [1.807, 2.05) is 30.3 Å². The first-order valence-corrected chi connectivity index (χ1v) is 12.5. The van der Waals surface area contributed by atoms with Crippen LogP contribution in [0.4, 0.5) is 0 Å². The van der Waals surface area contributed by atoms with Gasteiger partial charge in [-0.05, 0) is 36.1 Å². The number of hydrogen-bond acceptors (Lipinski definition) is 6. The predicted octanol–water partition coefficient (Wildman–Crippen LogP) is 1.01. The van der Waals surface area contributed by atoms with Gasteiger partial charge < -0.3 is 31.2 Å². The lowest BCUT2D eigenvalue weighted by molar-refractivity contribution is -0.133. The maximum atomic E-state index is 13.0. The molecular weight excluding hydrogens is 488 g/mol. The molecule has 0 aliphatic rings. The zero-order chi connectivity index (χ0) is 28.2. The first-order valence-electron chi connectivity index (χ1n) is 12.5. The van der Waals surface area contributed by atoms with E-state index in [0.717, 1.165) is 5.56 Å². The third kappa shape index (κ3) is 9.68. The summed E-state index contributed by atoms with van der Waals surface area (Å²) in [6, 6.07) is 11.6. The minimum atomic E-state index is -1.03. The molecule has 0 radical (unpaired) electrons. The van der Waals surface area contributed by atoms with E-state index in [2.05, 4.69) is 21.3 Å². The number of carbonyl (C=O) groups is 5. The number of phenolic OH excluding ortho intramolecular Hbond substituents is 1. The summed E-state index contributed by atoms with van der Waals surface area (Å²) in [5.74, 6) is -2.19. The maximum absolute atomic E-state index is 13.0. The Balaban J connectivity index is 2.12. The zero-order valence-electron chi connectivity index (χ0n) is 22.1. The van der Waals surface area contributed by atoms with Gasteiger partial charge in [0, 0.05) is 19.8 Å². The molecule has 10 nitrogen and oxygen atoms in total. The molecule has 0 spiro atoms. The highest BCUT2D eigenvalue weighted by atomic mass is 16.3. The van der Waals surface area contributed by atoms with E-state index in [9.17, 15) is 29.1 Å². The Bertz CT molecular complexity index is 1100. The fraction of sp³-hybridized carbons (Fsp3) is 0.393. The predicted molar refractivity (Wildman–Crippen MR) is 142 cm³/mol. The molecule has 0 saturated heterocycles. The largest absolute Gasteiger partial charge is 0.508 e. The molecule has 5 N–H and O–H groups in total. The van der Waals surface area contributed by atoms with Crippen LogP contribution in [0.3, 0.4) is 0 Å². The van der Waals surface area contributed by atoms with Crippen LogP contribution in [0.25, 0.3) is 0 Å². The normalized spacial score (nSPS) is 13.9. The lowest BCUT2D eigenvalue weighted by Gasteiger charge is -2.25. The van der Waals surface area contributed by atoms with Crippen LogP contribution in [0, 0.1) is 5.92 Å². The van der Waals surface area contributed by atoms with E-state index >= 15 is 0 Å². The summed E-state index contributed by atoms with van der Waals surface area (Å²) in [7, 11) is 0. The minimum absolute atomic E-state index is 0.0709. The first-order chi connectivity index (χ1) is 18.0. The van der Waals surface area contributed by atoms with E-state index < -0.39 is 47.8 Å². The van der Waals surface area contributed by atoms with Crippen LogP contribution in [-0.4, -0.2) is 59.2 Å². The molecule has 0 bridgehead atoms. The van der Waals surface area contributed by atoms with Gasteiger partial charge in [-0.2, -0.15) is 0 Å². The Kier molecular flexibility index (Phi) is 11.5. The Labute approximate surface area is 222 Å². The topological polar surface area (TPSA) is 154 Å². The summed E-state index contributed by atoms with van der Waals surface area (Å²) < 4.78 is 0. The number of aromatic hydroxyl groups is 1. The molecule has 4 amide bonds. The van der Waals surface area contributed by atoms with E-state index in [-0.39, 0.29) is 24.5 Å². The maximum Gasteiger partial charge on any atom is 0.243 e. The smallest absolute Gasteiger partial charge is 0.243 e. The minimum Gasteiger partial charge on any atom is -0.508 e. The van der Waals surface area contributed by atoms with Crippen LogP contribution in [0.15, 0.2) is 54.6 Å². The second-order valence-corrected chi connectivity index (χ2v) is 9.52. The second kappa shape index (κ2) is 14.5. The van der Waals surface area contributed by atoms with Gasteiger partial charge in [0.2, 0.25) is 23.6 Å². The van der Waals surface area contributed by atoms with Crippen molar-refractivity contribution < 1.29 is 29.1 Å². The number of hydrogen-bond donors (Lipinski definition) is 5. The fourth-order valence-electron chi connectivity index (χ4n) is 3.68. The molecule has 0 fully saturated rings. The third-order valence-corrected chi connectivity index (χ3v) is 5.91. The summed E-state index contributed by atoms with van der Waals surface area (Å²) in [6.07, 6.45) is 0.975. The molecule has 0 aliphatic heterocycles. The second-order valence-electron chi connectivity index (χ2n) is 9.52. The molecule has 0 heterocycles. The van der Waals surface area contributed by atoms with Gasteiger partial charge in [-0.3, -0.25) is 19.2 Å². The highest BCUT2D eigenvalue weighted by Gasteiger charge is 2.28. The van der Waals surface area contributed by atoms with Crippen molar-refractivity contribution in [3.05, 3.63) is 65.7 Å². The molecule has 38 heavy (non-hydrogen) atoms. The van der Waals surface area contributed by atoms with Crippen LogP contribution in [0.5, 0.6) is 5.75 Å². The van der Waals surface area contributed by atoms with Gasteiger partial charge in [0.15, 0.2) is 0 Å². The Morgan fingerprint density at radius 1 is 0.737 bits per heavy atom. The van der Waals surface area contributed by atoms with Gasteiger partial charge in [-0.1, -0.05) is 56.3 Å². The van der Waals surface area contributed by atoms with Crippen LogP contribution in [-0.2, 0) is 36.8 Å². The molecule has 204 valence electrons. The summed E-state index contributed by atoms with van der Waals surface area (Å²) in [6.45, 7) is 6.35. The molecule has 0 saturated carbocycles. The lowest BCUT2D eigenvalue weighted by Crippen LogP contribution is -2.57. The number of carbonyl (C=O) groups excluding carboxylic acids is 5. The number of nitrogens with one attached hydrogen (secondary N) is 4. The van der Waals surface area contributed by atoms with Crippen molar-refractivity contribution in [3.8, 4) is 5.75 Å². The molecule has 4 atom stereocenters. The Hall–Kier alpha value is -4.21. The summed E-state index contributed by atoms with van der Waals surface area (Å²) >= 11 is 0. The van der Waals surface area contributed by atoms with Crippen LogP contribution in [0.2, 0.25) is 0 Å². The van der Waals surface area contributed by atoms with Crippen molar-refractivity contribution in [2.75, 3.05) is 0 Å². The molecule has 0 aliphatic carbocycles. The van der Waals surface area contributed by atoms with Gasteiger partial charge in [0.25, 0.3) is 0 Å². The highest BCUT2D eigenvalue weighted by Crippen LogP contribution is 2.12. The van der Waals surface area contributed by atoms with Crippen molar-refractivity contribution in [2.24, 2.45) is 5.92 Å². The zero-order valence-corrected chi connectivity index (χ0v) is 22.1. The number of benzene rings is 2. The molecule has 2 rings (SSSR count). The average Bonchev–Trinajstić information content (AvgIpc) is 2.87. The molecule has 0 aromatic heterocycles. The van der Waals surface area contributed by atoms with Crippen molar-refractivity contribution >= 4 is 29.9 Å². The monoisotopic (exact) mass is 524 g/mol. The molecular formula is C28H36N4O6. The summed E-state index contributed by atoms with van der Waals surface area (Å²) in [5, 5.41) is 20.0.